The van der Waals surface area contributed by atoms with Crippen molar-refractivity contribution in [2.75, 3.05) is 6.54 Å². The Hall–Kier alpha value is -2.81. The summed E-state index contributed by atoms with van der Waals surface area (Å²) in [5, 5.41) is -0.639. The van der Waals surface area contributed by atoms with E-state index in [1.165, 1.54) is 17.0 Å². The summed E-state index contributed by atoms with van der Waals surface area (Å²) in [4.78, 5) is 29.8. The topological polar surface area (TPSA) is 75.8 Å². The zero-order valence-corrected chi connectivity index (χ0v) is 16.0. The summed E-state index contributed by atoms with van der Waals surface area (Å²) in [5.74, 6) is -1.00. The summed E-state index contributed by atoms with van der Waals surface area (Å²) < 4.78 is 38.9. The maximum atomic E-state index is 13.0. The van der Waals surface area contributed by atoms with Crippen LogP contribution < -0.4 is 5.73 Å². The first-order valence-electron chi connectivity index (χ1n) is 8.80. The molecule has 9 heteroatoms. The van der Waals surface area contributed by atoms with E-state index in [1.807, 2.05) is 30.3 Å². The Balaban J connectivity index is 1.90. The summed E-state index contributed by atoms with van der Waals surface area (Å²) >= 11 is 0.994. The van der Waals surface area contributed by atoms with Gasteiger partial charge in [-0.15, -0.1) is 0 Å². The summed E-state index contributed by atoms with van der Waals surface area (Å²) in [7, 11) is 0. The average Bonchev–Trinajstić information content (AvgIpc) is 2.67. The predicted octanol–water partition coefficient (Wildman–Crippen LogP) is 3.76. The lowest BCUT2D eigenvalue weighted by Crippen LogP contribution is -2.46. The van der Waals surface area contributed by atoms with E-state index in [2.05, 4.69) is 4.99 Å². The SMILES string of the molecule is NC(=O)C1CC(=O)N(CCc2ccccc2)C(=Nc2cccc(C(F)(F)F)c2)S1. The highest BCUT2D eigenvalue weighted by Gasteiger charge is 2.35. The number of amides is 2. The first kappa shape index (κ1) is 20.9. The predicted molar refractivity (Wildman–Crippen MR) is 106 cm³/mol. The van der Waals surface area contributed by atoms with Crippen molar-refractivity contribution in [2.24, 2.45) is 10.7 Å². The molecule has 1 unspecified atom stereocenters. The third-order valence-corrected chi connectivity index (χ3v) is 5.53. The quantitative estimate of drug-likeness (QED) is 0.799. The molecule has 1 fully saturated rings. The third kappa shape index (κ3) is 5.38. The second kappa shape index (κ2) is 8.69. The number of hydrogen-bond donors (Lipinski definition) is 1. The Kier molecular flexibility index (Phi) is 6.26. The van der Waals surface area contributed by atoms with E-state index >= 15 is 0 Å². The lowest BCUT2D eigenvalue weighted by molar-refractivity contribution is -0.137. The number of alkyl halides is 3. The van der Waals surface area contributed by atoms with E-state index in [-0.39, 0.29) is 23.2 Å². The van der Waals surface area contributed by atoms with Gasteiger partial charge in [-0.2, -0.15) is 13.2 Å². The van der Waals surface area contributed by atoms with Crippen LogP contribution in [0.3, 0.4) is 0 Å². The fourth-order valence-electron chi connectivity index (χ4n) is 2.82. The highest BCUT2D eigenvalue weighted by Crippen LogP contribution is 2.33. The number of aliphatic imine (C=N–C) groups is 1. The Morgan fingerprint density at radius 2 is 1.90 bits per heavy atom. The number of nitrogens with two attached hydrogens (primary N) is 1. The normalized spacial score (nSPS) is 18.9. The molecule has 152 valence electrons. The molecule has 1 saturated heterocycles. The first-order valence-corrected chi connectivity index (χ1v) is 9.68. The van der Waals surface area contributed by atoms with Crippen LogP contribution >= 0.6 is 11.8 Å². The van der Waals surface area contributed by atoms with Crippen molar-refractivity contribution in [2.45, 2.75) is 24.3 Å². The van der Waals surface area contributed by atoms with Gasteiger partial charge in [0.15, 0.2) is 5.17 Å². The molecule has 0 aromatic heterocycles. The molecule has 5 nitrogen and oxygen atoms in total. The molecule has 2 N–H and O–H groups in total. The zero-order chi connectivity index (χ0) is 21.0. The minimum Gasteiger partial charge on any atom is -0.369 e. The van der Waals surface area contributed by atoms with Gasteiger partial charge in [-0.25, -0.2) is 4.99 Å². The summed E-state index contributed by atoms with van der Waals surface area (Å²) in [6, 6.07) is 14.0. The number of nitrogens with zero attached hydrogens (tertiary/aromatic N) is 2. The number of amidine groups is 1. The van der Waals surface area contributed by atoms with Gasteiger partial charge < -0.3 is 5.73 Å². The van der Waals surface area contributed by atoms with Gasteiger partial charge in [0.05, 0.1) is 16.5 Å². The molecular weight excluding hydrogens is 403 g/mol. The molecule has 1 aliphatic heterocycles. The molecule has 0 aliphatic carbocycles. The summed E-state index contributed by atoms with van der Waals surface area (Å²) in [6.45, 7) is 0.291. The summed E-state index contributed by atoms with van der Waals surface area (Å²) in [5.41, 5.74) is 5.55. The van der Waals surface area contributed by atoms with Crippen molar-refractivity contribution in [3.8, 4) is 0 Å². The lowest BCUT2D eigenvalue weighted by Gasteiger charge is -2.31. The monoisotopic (exact) mass is 421 g/mol. The lowest BCUT2D eigenvalue weighted by atomic mass is 10.1. The van der Waals surface area contributed by atoms with Gasteiger partial charge in [0.2, 0.25) is 11.8 Å². The molecule has 29 heavy (non-hydrogen) atoms. The minimum absolute atomic E-state index is 0.0463. The van der Waals surface area contributed by atoms with Crippen molar-refractivity contribution in [3.05, 3.63) is 65.7 Å². The Labute approximate surface area is 169 Å². The van der Waals surface area contributed by atoms with E-state index in [1.54, 1.807) is 0 Å². The Morgan fingerprint density at radius 1 is 1.17 bits per heavy atom. The Bertz CT molecular complexity index is 932. The molecule has 0 saturated carbocycles. The van der Waals surface area contributed by atoms with Crippen LogP contribution in [-0.4, -0.2) is 33.7 Å². The molecule has 1 heterocycles. The largest absolute Gasteiger partial charge is 0.416 e. The molecule has 3 rings (SSSR count). The van der Waals surface area contributed by atoms with Crippen molar-refractivity contribution in [1.29, 1.82) is 0 Å². The van der Waals surface area contributed by atoms with E-state index < -0.39 is 22.9 Å². The average molecular weight is 421 g/mol. The molecule has 0 radical (unpaired) electrons. The standard InChI is InChI=1S/C20H18F3N3O2S/c21-20(22,23)14-7-4-8-15(11-14)25-19-26(10-9-13-5-2-1-3-6-13)17(27)12-16(29-19)18(24)28/h1-8,11,16H,9-10,12H2,(H2,24,28). The van der Waals surface area contributed by atoms with Gasteiger partial charge in [0, 0.05) is 13.0 Å². The fraction of sp³-hybridized carbons (Fsp3) is 0.250. The number of thioether (sulfide) groups is 1. The highest BCUT2D eigenvalue weighted by atomic mass is 32.2. The second-order valence-electron chi connectivity index (χ2n) is 6.44. The molecule has 2 aromatic carbocycles. The molecule has 1 atom stereocenters. The number of rotatable bonds is 5. The molecule has 0 spiro atoms. The van der Waals surface area contributed by atoms with Crippen LogP contribution in [0.25, 0.3) is 0 Å². The highest BCUT2D eigenvalue weighted by molar-refractivity contribution is 8.15. The van der Waals surface area contributed by atoms with Crippen LogP contribution in [0.1, 0.15) is 17.5 Å². The van der Waals surface area contributed by atoms with Crippen molar-refractivity contribution in [3.63, 3.8) is 0 Å². The summed E-state index contributed by atoms with van der Waals surface area (Å²) in [6.07, 6.45) is -4.04. The van der Waals surface area contributed by atoms with Gasteiger partial charge in [-0.3, -0.25) is 14.5 Å². The van der Waals surface area contributed by atoms with Crippen LogP contribution in [0, 0.1) is 0 Å². The zero-order valence-electron chi connectivity index (χ0n) is 15.2. The number of benzene rings is 2. The number of halogens is 3. The number of carbonyl (C=O) groups excluding carboxylic acids is 2. The van der Waals surface area contributed by atoms with Gasteiger partial charge >= 0.3 is 6.18 Å². The number of carbonyl (C=O) groups is 2. The van der Waals surface area contributed by atoms with E-state index in [0.29, 0.717) is 13.0 Å². The van der Waals surface area contributed by atoms with Gasteiger partial charge in [-0.1, -0.05) is 48.2 Å². The van der Waals surface area contributed by atoms with Crippen molar-refractivity contribution >= 4 is 34.4 Å². The van der Waals surface area contributed by atoms with Gasteiger partial charge in [0.25, 0.3) is 0 Å². The Morgan fingerprint density at radius 3 is 2.55 bits per heavy atom. The maximum Gasteiger partial charge on any atom is 0.416 e. The molecule has 1 aliphatic rings. The smallest absolute Gasteiger partial charge is 0.369 e. The van der Waals surface area contributed by atoms with Crippen molar-refractivity contribution < 1.29 is 22.8 Å². The van der Waals surface area contributed by atoms with E-state index in [9.17, 15) is 22.8 Å². The second-order valence-corrected chi connectivity index (χ2v) is 7.61. The molecular formula is C20H18F3N3O2S. The number of primary amides is 1. The van der Waals surface area contributed by atoms with Crippen LogP contribution in [0.15, 0.2) is 59.6 Å². The number of hydrogen-bond acceptors (Lipinski definition) is 4. The van der Waals surface area contributed by atoms with Crippen LogP contribution in [-0.2, 0) is 22.2 Å². The molecule has 0 bridgehead atoms. The van der Waals surface area contributed by atoms with E-state index in [0.717, 1.165) is 29.5 Å². The van der Waals surface area contributed by atoms with Crippen LogP contribution in [0.4, 0.5) is 18.9 Å². The van der Waals surface area contributed by atoms with Crippen LogP contribution in [0.2, 0.25) is 0 Å². The third-order valence-electron chi connectivity index (χ3n) is 4.32. The molecule has 2 aromatic rings. The van der Waals surface area contributed by atoms with Gasteiger partial charge in [-0.05, 0) is 30.2 Å². The fourth-order valence-corrected chi connectivity index (χ4v) is 3.90. The van der Waals surface area contributed by atoms with Crippen molar-refractivity contribution in [1.82, 2.24) is 4.90 Å². The van der Waals surface area contributed by atoms with Gasteiger partial charge in [0.1, 0.15) is 0 Å². The maximum absolute atomic E-state index is 13.0. The van der Waals surface area contributed by atoms with Crippen LogP contribution in [0.5, 0.6) is 0 Å². The molecule has 2 amide bonds. The minimum atomic E-state index is -4.51. The first-order chi connectivity index (χ1) is 13.7. The van der Waals surface area contributed by atoms with E-state index in [4.69, 9.17) is 5.73 Å².